The SMILES string of the molecule is CC(C)(C)c1ccc(C(=O)N2CC3C(Cc4cccc(C5=CCOCC5)n4)C3C2)cc1. The van der Waals surface area contributed by atoms with Gasteiger partial charge in [-0.2, -0.15) is 0 Å². The van der Waals surface area contributed by atoms with Gasteiger partial charge < -0.3 is 9.64 Å². The minimum absolute atomic E-state index is 0.108. The van der Waals surface area contributed by atoms with Crippen LogP contribution in [0.2, 0.25) is 0 Å². The normalized spacial score (nSPS) is 25.2. The summed E-state index contributed by atoms with van der Waals surface area (Å²) in [5.74, 6) is 2.10. The summed E-state index contributed by atoms with van der Waals surface area (Å²) in [7, 11) is 0. The van der Waals surface area contributed by atoms with Gasteiger partial charge in [-0.1, -0.05) is 45.0 Å². The number of piperidine rings is 1. The molecule has 4 nitrogen and oxygen atoms in total. The number of aromatic nitrogens is 1. The third-order valence-electron chi connectivity index (χ3n) is 7.20. The number of pyridine rings is 1. The molecule has 1 amide bonds. The van der Waals surface area contributed by atoms with Gasteiger partial charge in [0.2, 0.25) is 0 Å². The number of nitrogens with zero attached hydrogens (tertiary/aromatic N) is 2. The van der Waals surface area contributed by atoms with Gasteiger partial charge in [-0.3, -0.25) is 9.78 Å². The van der Waals surface area contributed by atoms with Crippen LogP contribution in [-0.2, 0) is 16.6 Å². The van der Waals surface area contributed by atoms with Crippen molar-refractivity contribution in [1.82, 2.24) is 9.88 Å². The highest BCUT2D eigenvalue weighted by Crippen LogP contribution is 2.53. The second kappa shape index (κ2) is 7.90. The molecule has 2 aromatic rings. The summed E-state index contributed by atoms with van der Waals surface area (Å²) >= 11 is 0. The number of benzene rings is 1. The lowest BCUT2D eigenvalue weighted by Crippen LogP contribution is -2.31. The lowest BCUT2D eigenvalue weighted by atomic mass is 9.86. The first-order valence-corrected chi connectivity index (χ1v) is 11.5. The fraction of sp³-hybridized carbons (Fsp3) is 0.481. The minimum Gasteiger partial charge on any atom is -0.377 e. The summed E-state index contributed by atoms with van der Waals surface area (Å²) in [6.45, 7) is 9.84. The summed E-state index contributed by atoms with van der Waals surface area (Å²) in [6, 6.07) is 14.6. The van der Waals surface area contributed by atoms with Gasteiger partial charge in [-0.15, -0.1) is 0 Å². The molecule has 0 N–H and O–H groups in total. The molecule has 0 spiro atoms. The molecule has 1 aliphatic carbocycles. The van der Waals surface area contributed by atoms with Crippen LogP contribution in [0.3, 0.4) is 0 Å². The van der Waals surface area contributed by atoms with E-state index in [-0.39, 0.29) is 11.3 Å². The monoisotopic (exact) mass is 416 g/mol. The van der Waals surface area contributed by atoms with E-state index in [9.17, 15) is 4.79 Å². The fourth-order valence-corrected chi connectivity index (χ4v) is 5.19. The third-order valence-corrected chi connectivity index (χ3v) is 7.20. The van der Waals surface area contributed by atoms with Gasteiger partial charge >= 0.3 is 0 Å². The van der Waals surface area contributed by atoms with E-state index in [1.165, 1.54) is 16.8 Å². The Morgan fingerprint density at radius 3 is 2.48 bits per heavy atom. The second-order valence-electron chi connectivity index (χ2n) is 10.3. The molecule has 1 saturated carbocycles. The Hall–Kier alpha value is -2.46. The highest BCUT2D eigenvalue weighted by Gasteiger charge is 2.56. The predicted molar refractivity (Wildman–Crippen MR) is 123 cm³/mol. The number of ether oxygens (including phenoxy) is 1. The summed E-state index contributed by atoms with van der Waals surface area (Å²) < 4.78 is 5.42. The molecule has 2 atom stereocenters. The van der Waals surface area contributed by atoms with Crippen molar-refractivity contribution < 1.29 is 9.53 Å². The summed E-state index contributed by atoms with van der Waals surface area (Å²) in [6.07, 6.45) is 4.12. The van der Waals surface area contributed by atoms with Crippen LogP contribution in [0.15, 0.2) is 48.5 Å². The van der Waals surface area contributed by atoms with Gasteiger partial charge in [0.15, 0.2) is 0 Å². The van der Waals surface area contributed by atoms with Gasteiger partial charge in [0.25, 0.3) is 5.91 Å². The molecule has 162 valence electrons. The number of hydrogen-bond donors (Lipinski definition) is 0. The zero-order chi connectivity index (χ0) is 21.6. The smallest absolute Gasteiger partial charge is 0.253 e. The molecule has 31 heavy (non-hydrogen) atoms. The molecule has 1 aromatic heterocycles. The molecule has 0 radical (unpaired) electrons. The van der Waals surface area contributed by atoms with Crippen LogP contribution in [0.1, 0.15) is 54.5 Å². The van der Waals surface area contributed by atoms with Crippen LogP contribution in [0.25, 0.3) is 5.57 Å². The number of carbonyl (C=O) groups is 1. The maximum absolute atomic E-state index is 13.0. The number of fused-ring (bicyclic) bond motifs is 1. The fourth-order valence-electron chi connectivity index (χ4n) is 5.19. The molecule has 2 fully saturated rings. The number of carbonyl (C=O) groups excluding carboxylic acids is 1. The molecule has 4 heteroatoms. The Morgan fingerprint density at radius 2 is 1.84 bits per heavy atom. The van der Waals surface area contributed by atoms with Gasteiger partial charge in [0, 0.05) is 24.3 Å². The molecule has 2 unspecified atom stereocenters. The number of hydrogen-bond acceptors (Lipinski definition) is 3. The zero-order valence-electron chi connectivity index (χ0n) is 18.8. The van der Waals surface area contributed by atoms with Crippen molar-refractivity contribution in [1.29, 1.82) is 0 Å². The van der Waals surface area contributed by atoms with E-state index in [1.807, 2.05) is 12.1 Å². The first-order chi connectivity index (χ1) is 14.9. The first kappa shape index (κ1) is 20.4. The summed E-state index contributed by atoms with van der Waals surface area (Å²) in [5, 5.41) is 0. The van der Waals surface area contributed by atoms with Crippen LogP contribution >= 0.6 is 0 Å². The molecule has 3 aliphatic rings. The first-order valence-electron chi connectivity index (χ1n) is 11.5. The van der Waals surface area contributed by atoms with E-state index in [0.717, 1.165) is 43.8 Å². The Bertz CT molecular complexity index is 991. The molecular formula is C27H32N2O2. The highest BCUT2D eigenvalue weighted by atomic mass is 16.5. The molecular weight excluding hydrogens is 384 g/mol. The van der Waals surface area contributed by atoms with Crippen molar-refractivity contribution in [2.24, 2.45) is 17.8 Å². The Morgan fingerprint density at radius 1 is 1.10 bits per heavy atom. The summed E-state index contributed by atoms with van der Waals surface area (Å²) in [5.41, 5.74) is 5.77. The zero-order valence-corrected chi connectivity index (χ0v) is 18.8. The van der Waals surface area contributed by atoms with Crippen LogP contribution in [0, 0.1) is 17.8 Å². The Labute approximate surface area is 185 Å². The van der Waals surface area contributed by atoms with Gasteiger partial charge in [-0.05, 0) is 71.4 Å². The molecule has 1 saturated heterocycles. The van der Waals surface area contributed by atoms with E-state index in [0.29, 0.717) is 24.4 Å². The molecule has 1 aromatic carbocycles. The van der Waals surface area contributed by atoms with Crippen LogP contribution < -0.4 is 0 Å². The number of likely N-dealkylation sites (tertiary alicyclic amines) is 1. The van der Waals surface area contributed by atoms with Crippen molar-refractivity contribution in [3.8, 4) is 0 Å². The topological polar surface area (TPSA) is 42.4 Å². The maximum atomic E-state index is 13.0. The lowest BCUT2D eigenvalue weighted by Gasteiger charge is -2.22. The van der Waals surface area contributed by atoms with E-state index in [1.54, 1.807) is 0 Å². The average Bonchev–Trinajstić information content (AvgIpc) is 3.20. The van der Waals surface area contributed by atoms with Crippen molar-refractivity contribution in [3.05, 3.63) is 71.1 Å². The van der Waals surface area contributed by atoms with Crippen molar-refractivity contribution in [2.75, 3.05) is 26.3 Å². The Balaban J connectivity index is 1.18. The minimum atomic E-state index is 0.108. The van der Waals surface area contributed by atoms with E-state index in [2.05, 4.69) is 62.1 Å². The number of amides is 1. The van der Waals surface area contributed by atoms with E-state index < -0.39 is 0 Å². The maximum Gasteiger partial charge on any atom is 0.253 e. The molecule has 2 aliphatic heterocycles. The predicted octanol–water partition coefficient (Wildman–Crippen LogP) is 4.74. The van der Waals surface area contributed by atoms with E-state index >= 15 is 0 Å². The van der Waals surface area contributed by atoms with Gasteiger partial charge in [-0.25, -0.2) is 0 Å². The van der Waals surface area contributed by atoms with Crippen LogP contribution in [-0.4, -0.2) is 42.1 Å². The lowest BCUT2D eigenvalue weighted by molar-refractivity contribution is 0.0768. The Kier molecular flexibility index (Phi) is 5.21. The highest BCUT2D eigenvalue weighted by molar-refractivity contribution is 5.94. The molecule has 5 rings (SSSR count). The van der Waals surface area contributed by atoms with Crippen molar-refractivity contribution in [2.45, 2.75) is 39.0 Å². The largest absolute Gasteiger partial charge is 0.377 e. The van der Waals surface area contributed by atoms with E-state index in [4.69, 9.17) is 9.72 Å². The van der Waals surface area contributed by atoms with Gasteiger partial charge in [0.1, 0.15) is 0 Å². The average molecular weight is 417 g/mol. The third kappa shape index (κ3) is 4.18. The second-order valence-corrected chi connectivity index (χ2v) is 10.3. The van der Waals surface area contributed by atoms with Crippen LogP contribution in [0.5, 0.6) is 0 Å². The standard InChI is InChI=1S/C27H32N2O2/c1-27(2,3)20-9-7-19(8-10-20)26(30)29-16-23-22(24(23)17-29)15-21-5-4-6-25(28-21)18-11-13-31-14-12-18/h4-11,22-24H,12-17H2,1-3H3. The quantitative estimate of drug-likeness (QED) is 0.723. The molecule has 0 bridgehead atoms. The van der Waals surface area contributed by atoms with Gasteiger partial charge in [0.05, 0.1) is 18.9 Å². The van der Waals surface area contributed by atoms with Crippen molar-refractivity contribution in [3.63, 3.8) is 0 Å². The number of rotatable bonds is 4. The summed E-state index contributed by atoms with van der Waals surface area (Å²) in [4.78, 5) is 19.9. The van der Waals surface area contributed by atoms with Crippen molar-refractivity contribution >= 4 is 11.5 Å². The molecule has 3 heterocycles. The van der Waals surface area contributed by atoms with Crippen LogP contribution in [0.4, 0.5) is 0 Å².